The number of hydrogen-bond donors (Lipinski definition) is 1. The van der Waals surface area contributed by atoms with E-state index in [-0.39, 0.29) is 11.4 Å². The molecular weight excluding hydrogens is 268 g/mol. The maximum atomic E-state index is 12.3. The summed E-state index contributed by atoms with van der Waals surface area (Å²) in [4.78, 5) is 15.2. The number of nitrogens with zero attached hydrogens (tertiary/aromatic N) is 3. The molecule has 0 saturated carbocycles. The van der Waals surface area contributed by atoms with E-state index < -0.39 is 15.9 Å². The summed E-state index contributed by atoms with van der Waals surface area (Å²) in [6.07, 6.45) is 1.41. The topological polar surface area (TPSA) is 98.3 Å². The fourth-order valence-corrected chi connectivity index (χ4v) is 2.90. The molecule has 0 aliphatic heterocycles. The van der Waals surface area contributed by atoms with Crippen molar-refractivity contribution in [1.82, 2.24) is 13.9 Å². The predicted molar refractivity (Wildman–Crippen MR) is 69.8 cm³/mol. The first-order chi connectivity index (χ1) is 8.84. The largest absolute Gasteiger partial charge is 0.368 e. The first-order valence-electron chi connectivity index (χ1n) is 5.48. The van der Waals surface area contributed by atoms with Gasteiger partial charge in [0.15, 0.2) is 0 Å². The van der Waals surface area contributed by atoms with Crippen molar-refractivity contribution in [3.05, 3.63) is 24.5 Å². The summed E-state index contributed by atoms with van der Waals surface area (Å²) < 4.78 is 27.1. The number of amides is 1. The van der Waals surface area contributed by atoms with Crippen molar-refractivity contribution in [3.63, 3.8) is 0 Å². The Kier molecular flexibility index (Phi) is 3.29. The Labute approximate surface area is 110 Å². The molecule has 0 unspecified atom stereocenters. The van der Waals surface area contributed by atoms with Crippen molar-refractivity contribution in [2.75, 3.05) is 14.1 Å². The van der Waals surface area contributed by atoms with Crippen LogP contribution < -0.4 is 5.73 Å². The van der Waals surface area contributed by atoms with Gasteiger partial charge >= 0.3 is 0 Å². The standard InChI is InChI=1S/C11H14N4O3S/c1-14(2)19(17,18)9-5-3-4-8-11(9)15(7-13-8)6-10(12)16/h3-5,7H,6H2,1-2H3,(H2,12,16). The number of sulfonamides is 1. The zero-order valence-electron chi connectivity index (χ0n) is 10.6. The number of nitrogens with two attached hydrogens (primary N) is 1. The van der Waals surface area contributed by atoms with Gasteiger partial charge in [-0.2, -0.15) is 0 Å². The summed E-state index contributed by atoms with van der Waals surface area (Å²) in [5.74, 6) is -0.559. The zero-order valence-corrected chi connectivity index (χ0v) is 11.4. The van der Waals surface area contributed by atoms with Crippen LogP contribution in [0.3, 0.4) is 0 Å². The molecular formula is C11H14N4O3S. The highest BCUT2D eigenvalue weighted by atomic mass is 32.2. The van der Waals surface area contributed by atoms with Gasteiger partial charge in [-0.1, -0.05) is 6.07 Å². The molecule has 1 aromatic heterocycles. The number of imidazole rings is 1. The first kappa shape index (κ1) is 13.5. The van der Waals surface area contributed by atoms with Crippen LogP contribution in [0.25, 0.3) is 11.0 Å². The molecule has 0 aliphatic rings. The monoisotopic (exact) mass is 282 g/mol. The number of para-hydroxylation sites is 1. The van der Waals surface area contributed by atoms with Crippen LogP contribution in [0, 0.1) is 0 Å². The van der Waals surface area contributed by atoms with E-state index in [9.17, 15) is 13.2 Å². The molecule has 0 aliphatic carbocycles. The highest BCUT2D eigenvalue weighted by Gasteiger charge is 2.22. The van der Waals surface area contributed by atoms with Crippen molar-refractivity contribution in [2.24, 2.45) is 5.73 Å². The normalized spacial score (nSPS) is 12.2. The molecule has 102 valence electrons. The summed E-state index contributed by atoms with van der Waals surface area (Å²) in [6.45, 7) is -0.115. The lowest BCUT2D eigenvalue weighted by Crippen LogP contribution is -2.24. The maximum absolute atomic E-state index is 12.3. The average Bonchev–Trinajstić information content (AvgIpc) is 2.71. The SMILES string of the molecule is CN(C)S(=O)(=O)c1cccc2ncn(CC(N)=O)c12. The summed E-state index contributed by atoms with van der Waals surface area (Å²) in [6, 6.07) is 4.78. The van der Waals surface area contributed by atoms with Gasteiger partial charge in [-0.3, -0.25) is 4.79 Å². The number of benzene rings is 1. The number of fused-ring (bicyclic) bond motifs is 1. The number of primary amides is 1. The van der Waals surface area contributed by atoms with Crippen molar-refractivity contribution in [3.8, 4) is 0 Å². The summed E-state index contributed by atoms with van der Waals surface area (Å²) in [5, 5.41) is 0. The molecule has 1 heterocycles. The molecule has 0 radical (unpaired) electrons. The number of carbonyl (C=O) groups is 1. The van der Waals surface area contributed by atoms with Gasteiger partial charge in [0.25, 0.3) is 0 Å². The zero-order chi connectivity index (χ0) is 14.2. The fraction of sp³-hybridized carbons (Fsp3) is 0.273. The van der Waals surface area contributed by atoms with Crippen LogP contribution in [-0.2, 0) is 21.4 Å². The fourth-order valence-electron chi connectivity index (χ4n) is 1.79. The van der Waals surface area contributed by atoms with Crippen LogP contribution in [-0.4, -0.2) is 42.3 Å². The van der Waals surface area contributed by atoms with E-state index in [4.69, 9.17) is 5.73 Å². The first-order valence-corrected chi connectivity index (χ1v) is 6.92. The quantitative estimate of drug-likeness (QED) is 0.837. The Morgan fingerprint density at radius 3 is 2.68 bits per heavy atom. The smallest absolute Gasteiger partial charge is 0.244 e. The number of rotatable bonds is 4. The molecule has 2 N–H and O–H groups in total. The van der Waals surface area contributed by atoms with Crippen molar-refractivity contribution < 1.29 is 13.2 Å². The Hall–Kier alpha value is -1.93. The minimum Gasteiger partial charge on any atom is -0.368 e. The molecule has 0 bridgehead atoms. The van der Waals surface area contributed by atoms with Gasteiger partial charge in [0, 0.05) is 14.1 Å². The molecule has 0 fully saturated rings. The van der Waals surface area contributed by atoms with Crippen LogP contribution in [0.15, 0.2) is 29.4 Å². The highest BCUT2D eigenvalue weighted by Crippen LogP contribution is 2.24. The van der Waals surface area contributed by atoms with Gasteiger partial charge in [0.1, 0.15) is 11.4 Å². The molecule has 19 heavy (non-hydrogen) atoms. The molecule has 1 aromatic carbocycles. The second-order valence-electron chi connectivity index (χ2n) is 4.25. The molecule has 0 spiro atoms. The lowest BCUT2D eigenvalue weighted by Gasteiger charge is -2.13. The van der Waals surface area contributed by atoms with Gasteiger partial charge < -0.3 is 10.3 Å². The average molecular weight is 282 g/mol. The van der Waals surface area contributed by atoms with E-state index in [1.54, 1.807) is 12.1 Å². The van der Waals surface area contributed by atoms with Crippen molar-refractivity contribution in [1.29, 1.82) is 0 Å². The minimum absolute atomic E-state index is 0.105. The summed E-state index contributed by atoms with van der Waals surface area (Å²) in [7, 11) is -0.717. The highest BCUT2D eigenvalue weighted by molar-refractivity contribution is 7.89. The van der Waals surface area contributed by atoms with Crippen LogP contribution in [0.2, 0.25) is 0 Å². The second kappa shape index (κ2) is 4.63. The minimum atomic E-state index is -3.61. The van der Waals surface area contributed by atoms with E-state index in [1.807, 2.05) is 0 Å². The summed E-state index contributed by atoms with van der Waals surface area (Å²) >= 11 is 0. The van der Waals surface area contributed by atoms with Crippen molar-refractivity contribution in [2.45, 2.75) is 11.4 Å². The lowest BCUT2D eigenvalue weighted by molar-refractivity contribution is -0.118. The van der Waals surface area contributed by atoms with Gasteiger partial charge in [0.2, 0.25) is 15.9 Å². The Morgan fingerprint density at radius 1 is 1.42 bits per heavy atom. The van der Waals surface area contributed by atoms with E-state index in [0.29, 0.717) is 11.0 Å². The third-order valence-electron chi connectivity index (χ3n) is 2.69. The van der Waals surface area contributed by atoms with Crippen LogP contribution in [0.1, 0.15) is 0 Å². The van der Waals surface area contributed by atoms with Crippen LogP contribution >= 0.6 is 0 Å². The van der Waals surface area contributed by atoms with Gasteiger partial charge in [-0.15, -0.1) is 0 Å². The third kappa shape index (κ3) is 2.32. The number of carbonyl (C=O) groups excluding carboxylic acids is 1. The molecule has 8 heteroatoms. The van der Waals surface area contributed by atoms with Crippen LogP contribution in [0.4, 0.5) is 0 Å². The van der Waals surface area contributed by atoms with E-state index in [1.165, 1.54) is 31.1 Å². The van der Waals surface area contributed by atoms with E-state index in [2.05, 4.69) is 4.98 Å². The lowest BCUT2D eigenvalue weighted by atomic mass is 10.3. The molecule has 1 amide bonds. The Bertz CT molecular complexity index is 733. The number of hydrogen-bond acceptors (Lipinski definition) is 4. The molecule has 7 nitrogen and oxygen atoms in total. The van der Waals surface area contributed by atoms with Gasteiger partial charge in [-0.25, -0.2) is 17.7 Å². The second-order valence-corrected chi connectivity index (χ2v) is 6.37. The Balaban J connectivity index is 2.75. The molecule has 2 rings (SSSR count). The van der Waals surface area contributed by atoms with Crippen LogP contribution in [0.5, 0.6) is 0 Å². The van der Waals surface area contributed by atoms with E-state index >= 15 is 0 Å². The van der Waals surface area contributed by atoms with E-state index in [0.717, 1.165) is 4.31 Å². The molecule has 2 aromatic rings. The molecule has 0 atom stereocenters. The predicted octanol–water partition coefficient (Wildman–Crippen LogP) is -0.228. The third-order valence-corrected chi connectivity index (χ3v) is 4.53. The van der Waals surface area contributed by atoms with Gasteiger partial charge in [0.05, 0.1) is 17.4 Å². The van der Waals surface area contributed by atoms with Gasteiger partial charge in [-0.05, 0) is 12.1 Å². The maximum Gasteiger partial charge on any atom is 0.244 e. The molecule has 0 saturated heterocycles. The summed E-state index contributed by atoms with van der Waals surface area (Å²) in [5.41, 5.74) is 6.03. The number of aromatic nitrogens is 2. The Morgan fingerprint density at radius 2 is 2.11 bits per heavy atom. The van der Waals surface area contributed by atoms with Crippen molar-refractivity contribution >= 4 is 27.0 Å².